The maximum Gasteiger partial charge on any atom is 0.332 e. The van der Waals surface area contributed by atoms with Crippen LogP contribution in [0.4, 0.5) is 0 Å². The quantitative estimate of drug-likeness (QED) is 0.454. The molecular formula is C8H19N2O5P. The lowest BCUT2D eigenvalue weighted by molar-refractivity contribution is 0.0902. The van der Waals surface area contributed by atoms with Gasteiger partial charge in [-0.1, -0.05) is 5.18 Å². The first-order valence-electron chi connectivity index (χ1n) is 4.82. The molecule has 0 aliphatic carbocycles. The van der Waals surface area contributed by atoms with Gasteiger partial charge in [-0.2, -0.15) is 4.91 Å². The molecule has 16 heavy (non-hydrogen) atoms. The minimum Gasteiger partial charge on any atom is -0.389 e. The molecule has 0 rings (SSSR count). The van der Waals surface area contributed by atoms with Crippen LogP contribution in [0.15, 0.2) is 5.18 Å². The Morgan fingerprint density at radius 3 is 2.62 bits per heavy atom. The fourth-order valence-corrected chi connectivity index (χ4v) is 1.54. The summed E-state index contributed by atoms with van der Waals surface area (Å²) in [7, 11) is 3.86. The molecule has 2 atom stereocenters. The average molecular weight is 254 g/mol. The fraction of sp³-hybridized carbons (Fsp3) is 1.00. The number of aliphatic hydroxyl groups excluding tert-OH is 1. The van der Waals surface area contributed by atoms with Gasteiger partial charge in [0.05, 0.1) is 13.2 Å². The van der Waals surface area contributed by atoms with Crippen LogP contribution in [-0.4, -0.2) is 63.6 Å². The van der Waals surface area contributed by atoms with E-state index >= 15 is 0 Å². The van der Waals surface area contributed by atoms with Crippen LogP contribution in [0.2, 0.25) is 0 Å². The number of nitroso groups, excluding NO2 is 1. The first kappa shape index (κ1) is 15.8. The van der Waals surface area contributed by atoms with Crippen molar-refractivity contribution in [3.8, 4) is 0 Å². The minimum atomic E-state index is -1.46. The highest BCUT2D eigenvalue weighted by Crippen LogP contribution is 2.38. The zero-order valence-corrected chi connectivity index (χ0v) is 10.7. The second-order valence-electron chi connectivity index (χ2n) is 3.30. The molecule has 7 nitrogen and oxygen atoms in total. The van der Waals surface area contributed by atoms with Crippen LogP contribution in [0.5, 0.6) is 0 Å². The highest BCUT2D eigenvalue weighted by molar-refractivity contribution is 7.41. The lowest BCUT2D eigenvalue weighted by Gasteiger charge is -2.17. The SMILES string of the molecule is COP(OCCN(C)C)OCC(O)CN=O. The summed E-state index contributed by atoms with van der Waals surface area (Å²) in [4.78, 5) is 11.8. The van der Waals surface area contributed by atoms with Crippen molar-refractivity contribution in [3.05, 3.63) is 4.91 Å². The van der Waals surface area contributed by atoms with Crippen LogP contribution in [-0.2, 0) is 13.6 Å². The van der Waals surface area contributed by atoms with E-state index in [1.807, 2.05) is 19.0 Å². The van der Waals surface area contributed by atoms with Gasteiger partial charge in [0.1, 0.15) is 12.6 Å². The standard InChI is InChI=1S/C8H19N2O5P/c1-10(2)4-5-14-16(13-3)15-7-8(11)6-9-12/h8,11H,4-7H2,1-3H3. The number of rotatable bonds is 10. The number of likely N-dealkylation sites (N-methyl/N-ethyl adjacent to an activating group) is 1. The Morgan fingerprint density at radius 1 is 1.44 bits per heavy atom. The average Bonchev–Trinajstić information content (AvgIpc) is 2.23. The summed E-state index contributed by atoms with van der Waals surface area (Å²) in [5.41, 5.74) is 0. The van der Waals surface area contributed by atoms with E-state index in [1.165, 1.54) is 7.11 Å². The molecule has 0 saturated carbocycles. The third-order valence-corrected chi connectivity index (χ3v) is 2.59. The van der Waals surface area contributed by atoms with Crippen LogP contribution in [0.1, 0.15) is 0 Å². The van der Waals surface area contributed by atoms with Gasteiger partial charge in [0.2, 0.25) is 0 Å². The second-order valence-corrected chi connectivity index (χ2v) is 4.63. The summed E-state index contributed by atoms with van der Waals surface area (Å²) in [5.74, 6) is 0. The van der Waals surface area contributed by atoms with Crippen molar-refractivity contribution in [2.24, 2.45) is 5.18 Å². The first-order chi connectivity index (χ1) is 7.60. The molecule has 0 aromatic heterocycles. The molecular weight excluding hydrogens is 235 g/mol. The van der Waals surface area contributed by atoms with Crippen LogP contribution < -0.4 is 0 Å². The molecule has 0 saturated heterocycles. The van der Waals surface area contributed by atoms with Crippen LogP contribution in [0.3, 0.4) is 0 Å². The summed E-state index contributed by atoms with van der Waals surface area (Å²) < 4.78 is 15.4. The van der Waals surface area contributed by atoms with E-state index in [4.69, 9.17) is 13.6 Å². The zero-order valence-electron chi connectivity index (χ0n) is 9.83. The third kappa shape index (κ3) is 9.08. The second kappa shape index (κ2) is 10.0. The van der Waals surface area contributed by atoms with E-state index < -0.39 is 14.7 Å². The molecule has 0 aliphatic heterocycles. The number of nitrogens with zero attached hydrogens (tertiary/aromatic N) is 2. The van der Waals surface area contributed by atoms with Gasteiger partial charge in [-0.3, -0.25) is 0 Å². The number of hydrogen-bond donors (Lipinski definition) is 1. The van der Waals surface area contributed by atoms with E-state index in [-0.39, 0.29) is 13.2 Å². The Balaban J connectivity index is 3.61. The molecule has 0 amide bonds. The predicted molar refractivity (Wildman–Crippen MR) is 61.1 cm³/mol. The van der Waals surface area contributed by atoms with Crippen LogP contribution in [0, 0.1) is 4.91 Å². The normalized spacial score (nSPS) is 15.1. The van der Waals surface area contributed by atoms with Crippen molar-refractivity contribution in [2.75, 3.05) is 47.5 Å². The molecule has 1 N–H and O–H groups in total. The Bertz CT molecular complexity index is 184. The predicted octanol–water partition coefficient (Wildman–Crippen LogP) is 0.582. The summed E-state index contributed by atoms with van der Waals surface area (Å²) >= 11 is 0. The van der Waals surface area contributed by atoms with Gasteiger partial charge in [-0.05, 0) is 14.1 Å². The maximum absolute atomic E-state index is 9.85. The molecule has 96 valence electrons. The van der Waals surface area contributed by atoms with Crippen molar-refractivity contribution in [1.82, 2.24) is 4.90 Å². The molecule has 0 aliphatic rings. The van der Waals surface area contributed by atoms with Crippen molar-refractivity contribution in [3.63, 3.8) is 0 Å². The Kier molecular flexibility index (Phi) is 9.91. The maximum atomic E-state index is 9.85. The van der Waals surface area contributed by atoms with E-state index in [1.54, 1.807) is 0 Å². The van der Waals surface area contributed by atoms with E-state index in [9.17, 15) is 10.0 Å². The topological polar surface area (TPSA) is 80.6 Å². The highest BCUT2D eigenvalue weighted by atomic mass is 31.2. The molecule has 8 heteroatoms. The molecule has 0 bridgehead atoms. The third-order valence-electron chi connectivity index (χ3n) is 1.54. The monoisotopic (exact) mass is 254 g/mol. The lowest BCUT2D eigenvalue weighted by Crippen LogP contribution is -2.19. The first-order valence-corrected chi connectivity index (χ1v) is 5.91. The van der Waals surface area contributed by atoms with Gasteiger partial charge < -0.3 is 23.6 Å². The van der Waals surface area contributed by atoms with Crippen LogP contribution in [0.25, 0.3) is 0 Å². The molecule has 0 heterocycles. The van der Waals surface area contributed by atoms with Gasteiger partial charge in [0.15, 0.2) is 0 Å². The van der Waals surface area contributed by atoms with Gasteiger partial charge in [0, 0.05) is 13.7 Å². The molecule has 0 aromatic carbocycles. The van der Waals surface area contributed by atoms with Crippen molar-refractivity contribution in [1.29, 1.82) is 0 Å². The summed E-state index contributed by atoms with van der Waals surface area (Å²) in [5, 5.41) is 11.7. The molecule has 2 unspecified atom stereocenters. The largest absolute Gasteiger partial charge is 0.389 e. The lowest BCUT2D eigenvalue weighted by atomic mass is 10.4. The Hall–Kier alpha value is -0.170. The van der Waals surface area contributed by atoms with Gasteiger partial charge in [-0.25, -0.2) is 0 Å². The van der Waals surface area contributed by atoms with E-state index in [0.29, 0.717) is 6.61 Å². The summed E-state index contributed by atoms with van der Waals surface area (Å²) in [6.07, 6.45) is -0.907. The Labute approximate surface area is 96.6 Å². The van der Waals surface area contributed by atoms with Gasteiger partial charge in [-0.15, -0.1) is 0 Å². The van der Waals surface area contributed by atoms with Crippen molar-refractivity contribution < 1.29 is 18.7 Å². The van der Waals surface area contributed by atoms with E-state index in [2.05, 4.69) is 5.18 Å². The smallest absolute Gasteiger partial charge is 0.332 e. The van der Waals surface area contributed by atoms with Crippen molar-refractivity contribution >= 4 is 8.60 Å². The minimum absolute atomic E-state index is 0.0206. The van der Waals surface area contributed by atoms with E-state index in [0.717, 1.165) is 6.54 Å². The Morgan fingerprint density at radius 2 is 2.12 bits per heavy atom. The number of aliphatic hydroxyl groups is 1. The van der Waals surface area contributed by atoms with Crippen LogP contribution >= 0.6 is 8.60 Å². The van der Waals surface area contributed by atoms with Gasteiger partial charge >= 0.3 is 8.60 Å². The summed E-state index contributed by atoms with van der Waals surface area (Å²) in [6, 6.07) is 0. The van der Waals surface area contributed by atoms with Crippen molar-refractivity contribution in [2.45, 2.75) is 6.10 Å². The van der Waals surface area contributed by atoms with Gasteiger partial charge in [0.25, 0.3) is 0 Å². The molecule has 0 aromatic rings. The highest BCUT2D eigenvalue weighted by Gasteiger charge is 2.13. The zero-order chi connectivity index (χ0) is 12.4. The molecule has 0 fully saturated rings. The number of hydrogen-bond acceptors (Lipinski definition) is 7. The fourth-order valence-electron chi connectivity index (χ4n) is 0.726. The molecule has 0 radical (unpaired) electrons. The molecule has 0 spiro atoms. The summed E-state index contributed by atoms with van der Waals surface area (Å²) in [6.45, 7) is 1.02.